The Morgan fingerprint density at radius 3 is 2.46 bits per heavy atom. The third kappa shape index (κ3) is 4.08. The minimum absolute atomic E-state index is 0.225. The normalized spacial score (nSPS) is 10.6. The second kappa shape index (κ2) is 8.12. The molecule has 0 aliphatic heterocycles. The zero-order valence-electron chi connectivity index (χ0n) is 14.5. The van der Waals surface area contributed by atoms with Gasteiger partial charge in [-0.2, -0.15) is 0 Å². The predicted octanol–water partition coefficient (Wildman–Crippen LogP) is 6.79. The summed E-state index contributed by atoms with van der Waals surface area (Å²) < 4.78 is 7.83. The first-order chi connectivity index (χ1) is 13.6. The number of carbonyl (C=O) groups excluding carboxylic acids is 1. The number of hydrogen-bond donors (Lipinski definition) is 1. The SMILES string of the molecule is O=C(Nc1cccc(Br)c1)c1ccccc1-c1ncc(-c2ccc(Br)cc2)o1. The van der Waals surface area contributed by atoms with E-state index in [0.717, 1.165) is 14.5 Å². The first-order valence-corrected chi connectivity index (χ1v) is 10.1. The zero-order valence-corrected chi connectivity index (χ0v) is 17.7. The maximum atomic E-state index is 12.8. The predicted molar refractivity (Wildman–Crippen MR) is 117 cm³/mol. The average Bonchev–Trinajstić information content (AvgIpc) is 3.18. The van der Waals surface area contributed by atoms with Gasteiger partial charge in [0.2, 0.25) is 5.89 Å². The van der Waals surface area contributed by atoms with Crippen LogP contribution in [0.4, 0.5) is 5.69 Å². The minimum atomic E-state index is -0.225. The van der Waals surface area contributed by atoms with Crippen molar-refractivity contribution in [2.24, 2.45) is 0 Å². The molecule has 0 radical (unpaired) electrons. The first kappa shape index (κ1) is 18.7. The number of hydrogen-bond acceptors (Lipinski definition) is 3. The molecule has 0 saturated heterocycles. The molecular weight excluding hydrogens is 484 g/mol. The van der Waals surface area contributed by atoms with Gasteiger partial charge in [0.25, 0.3) is 5.91 Å². The van der Waals surface area contributed by atoms with Crippen molar-refractivity contribution in [1.29, 1.82) is 0 Å². The Kier molecular flexibility index (Phi) is 5.41. The minimum Gasteiger partial charge on any atom is -0.436 e. The maximum Gasteiger partial charge on any atom is 0.256 e. The number of anilines is 1. The van der Waals surface area contributed by atoms with Crippen LogP contribution in [0.15, 0.2) is 92.4 Å². The Bertz CT molecular complexity index is 1140. The molecular formula is C22H14Br2N2O2. The number of nitrogens with one attached hydrogen (secondary N) is 1. The molecule has 0 bridgehead atoms. The highest BCUT2D eigenvalue weighted by Gasteiger charge is 2.17. The zero-order chi connectivity index (χ0) is 19.5. The quantitative estimate of drug-likeness (QED) is 0.338. The van der Waals surface area contributed by atoms with E-state index >= 15 is 0 Å². The van der Waals surface area contributed by atoms with Crippen LogP contribution in [0.2, 0.25) is 0 Å². The number of oxazole rings is 1. The van der Waals surface area contributed by atoms with E-state index in [9.17, 15) is 4.79 Å². The van der Waals surface area contributed by atoms with E-state index in [4.69, 9.17) is 4.42 Å². The van der Waals surface area contributed by atoms with Crippen LogP contribution in [0, 0.1) is 0 Å². The number of benzene rings is 3. The van der Waals surface area contributed by atoms with Crippen molar-refractivity contribution in [2.75, 3.05) is 5.32 Å². The largest absolute Gasteiger partial charge is 0.436 e. The van der Waals surface area contributed by atoms with Gasteiger partial charge < -0.3 is 9.73 Å². The molecule has 0 aliphatic carbocycles. The van der Waals surface area contributed by atoms with Crippen LogP contribution in [-0.4, -0.2) is 10.9 Å². The fourth-order valence-corrected chi connectivity index (χ4v) is 3.44. The Hall–Kier alpha value is -2.70. The van der Waals surface area contributed by atoms with Gasteiger partial charge in [-0.25, -0.2) is 4.98 Å². The maximum absolute atomic E-state index is 12.8. The van der Waals surface area contributed by atoms with Gasteiger partial charge in [0.1, 0.15) is 0 Å². The number of carbonyl (C=O) groups is 1. The van der Waals surface area contributed by atoms with E-state index in [-0.39, 0.29) is 5.91 Å². The summed E-state index contributed by atoms with van der Waals surface area (Å²) in [4.78, 5) is 17.2. The van der Waals surface area contributed by atoms with E-state index in [1.54, 1.807) is 12.3 Å². The van der Waals surface area contributed by atoms with Crippen molar-refractivity contribution < 1.29 is 9.21 Å². The molecule has 1 heterocycles. The first-order valence-electron chi connectivity index (χ1n) is 8.48. The van der Waals surface area contributed by atoms with E-state index < -0.39 is 0 Å². The smallest absolute Gasteiger partial charge is 0.256 e. The van der Waals surface area contributed by atoms with Gasteiger partial charge in [0.05, 0.1) is 11.8 Å². The summed E-state index contributed by atoms with van der Waals surface area (Å²) in [7, 11) is 0. The number of nitrogens with zero attached hydrogens (tertiary/aromatic N) is 1. The van der Waals surface area contributed by atoms with Gasteiger partial charge in [0, 0.05) is 25.8 Å². The van der Waals surface area contributed by atoms with Crippen LogP contribution in [0.3, 0.4) is 0 Å². The third-order valence-corrected chi connectivity index (χ3v) is 5.14. The summed E-state index contributed by atoms with van der Waals surface area (Å²) in [5.74, 6) is 0.819. The topological polar surface area (TPSA) is 55.1 Å². The summed E-state index contributed by atoms with van der Waals surface area (Å²) in [6.07, 6.45) is 1.67. The van der Waals surface area contributed by atoms with Gasteiger partial charge in [0.15, 0.2) is 5.76 Å². The van der Waals surface area contributed by atoms with Gasteiger partial charge in [-0.1, -0.05) is 62.2 Å². The lowest BCUT2D eigenvalue weighted by Crippen LogP contribution is -2.13. The monoisotopic (exact) mass is 496 g/mol. The summed E-state index contributed by atoms with van der Waals surface area (Å²) in [6.45, 7) is 0. The Labute approximate surface area is 178 Å². The molecule has 4 rings (SSSR count). The molecule has 0 spiro atoms. The van der Waals surface area contributed by atoms with Crippen molar-refractivity contribution in [3.63, 3.8) is 0 Å². The number of amides is 1. The molecule has 4 aromatic rings. The fraction of sp³-hybridized carbons (Fsp3) is 0. The standard InChI is InChI=1S/C22H14Br2N2O2/c23-15-10-8-14(9-11-15)20-13-25-22(28-20)19-7-2-1-6-18(19)21(27)26-17-5-3-4-16(24)12-17/h1-13H,(H,26,27). The lowest BCUT2D eigenvalue weighted by molar-refractivity contribution is 0.102. The van der Waals surface area contributed by atoms with E-state index in [0.29, 0.717) is 28.5 Å². The van der Waals surface area contributed by atoms with Crippen molar-refractivity contribution in [3.8, 4) is 22.8 Å². The molecule has 0 aliphatic rings. The van der Waals surface area contributed by atoms with Crippen LogP contribution < -0.4 is 5.32 Å². The fourth-order valence-electron chi connectivity index (χ4n) is 2.78. The molecule has 0 atom stereocenters. The van der Waals surface area contributed by atoms with Gasteiger partial charge in [-0.3, -0.25) is 4.79 Å². The van der Waals surface area contributed by atoms with E-state index in [1.807, 2.05) is 66.7 Å². The van der Waals surface area contributed by atoms with Crippen LogP contribution >= 0.6 is 31.9 Å². The second-order valence-electron chi connectivity index (χ2n) is 6.05. The highest BCUT2D eigenvalue weighted by atomic mass is 79.9. The van der Waals surface area contributed by atoms with Gasteiger partial charge in [-0.15, -0.1) is 0 Å². The van der Waals surface area contributed by atoms with Crippen molar-refractivity contribution >= 4 is 43.5 Å². The van der Waals surface area contributed by atoms with Crippen LogP contribution in [0.5, 0.6) is 0 Å². The van der Waals surface area contributed by atoms with Crippen LogP contribution in [0.1, 0.15) is 10.4 Å². The molecule has 1 amide bonds. The lowest BCUT2D eigenvalue weighted by atomic mass is 10.1. The highest BCUT2D eigenvalue weighted by molar-refractivity contribution is 9.10. The van der Waals surface area contributed by atoms with Gasteiger partial charge >= 0.3 is 0 Å². The third-order valence-electron chi connectivity index (χ3n) is 4.12. The molecule has 6 heteroatoms. The molecule has 0 fully saturated rings. The molecule has 0 saturated carbocycles. The molecule has 4 nitrogen and oxygen atoms in total. The number of aromatic nitrogens is 1. The lowest BCUT2D eigenvalue weighted by Gasteiger charge is -2.08. The molecule has 138 valence electrons. The van der Waals surface area contributed by atoms with Crippen LogP contribution in [-0.2, 0) is 0 Å². The van der Waals surface area contributed by atoms with Crippen molar-refractivity contribution in [2.45, 2.75) is 0 Å². The number of rotatable bonds is 4. The molecule has 28 heavy (non-hydrogen) atoms. The van der Waals surface area contributed by atoms with Gasteiger partial charge in [-0.05, 0) is 42.5 Å². The summed E-state index contributed by atoms with van der Waals surface area (Å²) in [6, 6.07) is 22.5. The molecule has 0 unspecified atom stereocenters. The molecule has 1 aromatic heterocycles. The Morgan fingerprint density at radius 2 is 1.68 bits per heavy atom. The molecule has 3 aromatic carbocycles. The highest BCUT2D eigenvalue weighted by Crippen LogP contribution is 2.29. The second-order valence-corrected chi connectivity index (χ2v) is 7.88. The van der Waals surface area contributed by atoms with E-state index in [2.05, 4.69) is 42.2 Å². The summed E-state index contributed by atoms with van der Waals surface area (Å²) in [5.41, 5.74) is 2.75. The summed E-state index contributed by atoms with van der Waals surface area (Å²) >= 11 is 6.83. The Morgan fingerprint density at radius 1 is 0.893 bits per heavy atom. The summed E-state index contributed by atoms with van der Waals surface area (Å²) in [5, 5.41) is 2.91. The van der Waals surface area contributed by atoms with E-state index in [1.165, 1.54) is 0 Å². The number of halogens is 2. The van der Waals surface area contributed by atoms with Crippen molar-refractivity contribution in [3.05, 3.63) is 93.5 Å². The molecule has 1 N–H and O–H groups in total. The van der Waals surface area contributed by atoms with Crippen molar-refractivity contribution in [1.82, 2.24) is 4.98 Å². The average molecular weight is 498 g/mol. The van der Waals surface area contributed by atoms with Crippen LogP contribution in [0.25, 0.3) is 22.8 Å². The Balaban J connectivity index is 1.65.